The van der Waals surface area contributed by atoms with E-state index in [1.54, 1.807) is 24.3 Å². The molecule has 8 heteroatoms. The molecule has 0 aliphatic rings. The Kier molecular flexibility index (Phi) is 5.46. The Balaban J connectivity index is 2.29. The van der Waals surface area contributed by atoms with Crippen LogP contribution in [0, 0.1) is 5.82 Å². The molecule has 0 heterocycles. The fourth-order valence-electron chi connectivity index (χ4n) is 1.94. The fraction of sp³-hybridized carbons (Fsp3) is 0.200. The number of rotatable bonds is 6. The highest BCUT2D eigenvalue weighted by molar-refractivity contribution is 7.89. The van der Waals surface area contributed by atoms with Crippen molar-refractivity contribution in [1.82, 2.24) is 4.72 Å². The third-order valence-electron chi connectivity index (χ3n) is 3.08. The van der Waals surface area contributed by atoms with E-state index in [1.165, 1.54) is 14.2 Å². The lowest BCUT2D eigenvalue weighted by atomic mass is 10.2. The molecule has 2 aromatic rings. The van der Waals surface area contributed by atoms with Gasteiger partial charge in [0.25, 0.3) is 0 Å². The molecule has 124 valence electrons. The van der Waals surface area contributed by atoms with Crippen molar-refractivity contribution in [2.24, 2.45) is 0 Å². The molecule has 0 unspecified atom stereocenters. The van der Waals surface area contributed by atoms with Crippen LogP contribution in [0.1, 0.15) is 5.56 Å². The van der Waals surface area contributed by atoms with Crippen LogP contribution >= 0.6 is 11.6 Å². The van der Waals surface area contributed by atoms with Gasteiger partial charge in [-0.3, -0.25) is 0 Å². The Morgan fingerprint density at radius 2 is 1.78 bits per heavy atom. The normalized spacial score (nSPS) is 11.3. The number of sulfonamides is 1. The van der Waals surface area contributed by atoms with Gasteiger partial charge in [0, 0.05) is 23.7 Å². The van der Waals surface area contributed by atoms with Crippen molar-refractivity contribution in [3.63, 3.8) is 0 Å². The smallest absolute Gasteiger partial charge is 0.243 e. The highest BCUT2D eigenvalue weighted by Gasteiger charge is 2.22. The van der Waals surface area contributed by atoms with E-state index in [1.807, 2.05) is 0 Å². The first kappa shape index (κ1) is 17.5. The van der Waals surface area contributed by atoms with Gasteiger partial charge in [-0.1, -0.05) is 23.7 Å². The molecule has 1 N–H and O–H groups in total. The van der Waals surface area contributed by atoms with Crippen molar-refractivity contribution in [3.8, 4) is 11.5 Å². The molecule has 0 aliphatic heterocycles. The monoisotopic (exact) mass is 359 g/mol. The second kappa shape index (κ2) is 7.16. The van der Waals surface area contributed by atoms with Crippen LogP contribution in [-0.4, -0.2) is 22.6 Å². The first-order valence-corrected chi connectivity index (χ1v) is 8.39. The highest BCUT2D eigenvalue weighted by Crippen LogP contribution is 2.31. The number of nitrogens with one attached hydrogen (secondary N) is 1. The van der Waals surface area contributed by atoms with Crippen LogP contribution in [0.4, 0.5) is 4.39 Å². The zero-order valence-electron chi connectivity index (χ0n) is 12.5. The minimum atomic E-state index is -4.06. The summed E-state index contributed by atoms with van der Waals surface area (Å²) in [6, 6.07) is 8.74. The van der Waals surface area contributed by atoms with Gasteiger partial charge in [0.1, 0.15) is 10.7 Å². The highest BCUT2D eigenvalue weighted by atomic mass is 35.5. The van der Waals surface area contributed by atoms with Gasteiger partial charge in [0.15, 0.2) is 11.5 Å². The molecule has 5 nitrogen and oxygen atoms in total. The lowest BCUT2D eigenvalue weighted by Gasteiger charge is -2.12. The average molecular weight is 360 g/mol. The maximum atomic E-state index is 14.1. The molecule has 2 aromatic carbocycles. The molecule has 0 radical (unpaired) electrons. The standard InChI is InChI=1S/C15H15ClFNO4S/c1-21-13-7-12(17)15(8-14(13)22-2)23(19,20)18-9-10-4-3-5-11(16)6-10/h3-8,18H,9H2,1-2H3. The molecular formula is C15H15ClFNO4S. The molecule has 0 atom stereocenters. The van der Waals surface area contributed by atoms with Crippen molar-refractivity contribution >= 4 is 21.6 Å². The third-order valence-corrected chi connectivity index (χ3v) is 4.73. The van der Waals surface area contributed by atoms with E-state index in [0.29, 0.717) is 10.6 Å². The van der Waals surface area contributed by atoms with Gasteiger partial charge in [-0.25, -0.2) is 17.5 Å². The topological polar surface area (TPSA) is 64.6 Å². The second-order valence-corrected chi connectivity index (χ2v) is 6.76. The quantitative estimate of drug-likeness (QED) is 0.861. The van der Waals surface area contributed by atoms with E-state index in [-0.39, 0.29) is 18.0 Å². The number of methoxy groups -OCH3 is 2. The largest absolute Gasteiger partial charge is 0.493 e. The van der Waals surface area contributed by atoms with Crippen LogP contribution in [0.5, 0.6) is 11.5 Å². The number of halogens is 2. The molecule has 0 spiro atoms. The molecule has 0 amide bonds. The van der Waals surface area contributed by atoms with Crippen molar-refractivity contribution in [2.75, 3.05) is 14.2 Å². The Morgan fingerprint density at radius 3 is 2.39 bits per heavy atom. The molecule has 0 saturated carbocycles. The van der Waals surface area contributed by atoms with Gasteiger partial charge in [-0.05, 0) is 17.7 Å². The Bertz CT molecular complexity index is 811. The summed E-state index contributed by atoms with van der Waals surface area (Å²) in [4.78, 5) is -0.517. The maximum Gasteiger partial charge on any atom is 0.243 e. The molecule has 0 fully saturated rings. The molecule has 0 bridgehead atoms. The van der Waals surface area contributed by atoms with Crippen LogP contribution in [0.15, 0.2) is 41.3 Å². The summed E-state index contributed by atoms with van der Waals surface area (Å²) >= 11 is 5.84. The van der Waals surface area contributed by atoms with Crippen molar-refractivity contribution < 1.29 is 22.3 Å². The lowest BCUT2D eigenvalue weighted by molar-refractivity contribution is 0.350. The van der Waals surface area contributed by atoms with Gasteiger partial charge in [-0.15, -0.1) is 0 Å². The molecule has 0 aliphatic carbocycles. The summed E-state index contributed by atoms with van der Waals surface area (Å²) in [7, 11) is -1.39. The van der Waals surface area contributed by atoms with E-state index in [4.69, 9.17) is 21.1 Å². The van der Waals surface area contributed by atoms with E-state index < -0.39 is 20.7 Å². The molecular weight excluding hydrogens is 345 g/mol. The van der Waals surface area contributed by atoms with Crippen molar-refractivity contribution in [2.45, 2.75) is 11.4 Å². The van der Waals surface area contributed by atoms with Crippen molar-refractivity contribution in [3.05, 3.63) is 52.8 Å². The Hall–Kier alpha value is -1.83. The lowest BCUT2D eigenvalue weighted by Crippen LogP contribution is -2.24. The van der Waals surface area contributed by atoms with E-state index in [2.05, 4.69) is 4.72 Å². The predicted octanol–water partition coefficient (Wildman–Crippen LogP) is 2.97. The van der Waals surface area contributed by atoms with Gasteiger partial charge in [0.2, 0.25) is 10.0 Å². The summed E-state index contributed by atoms with van der Waals surface area (Å²) in [6.45, 7) is -0.0172. The predicted molar refractivity (Wildman–Crippen MR) is 85.0 cm³/mol. The van der Waals surface area contributed by atoms with Gasteiger partial charge in [0.05, 0.1) is 14.2 Å². The van der Waals surface area contributed by atoms with Crippen LogP contribution in [0.3, 0.4) is 0 Å². The number of hydrogen-bond acceptors (Lipinski definition) is 4. The van der Waals surface area contributed by atoms with E-state index >= 15 is 0 Å². The number of benzene rings is 2. The SMILES string of the molecule is COc1cc(F)c(S(=O)(=O)NCc2cccc(Cl)c2)cc1OC. The van der Waals surface area contributed by atoms with E-state index in [9.17, 15) is 12.8 Å². The van der Waals surface area contributed by atoms with Crippen LogP contribution < -0.4 is 14.2 Å². The fourth-order valence-corrected chi connectivity index (χ4v) is 3.25. The first-order valence-electron chi connectivity index (χ1n) is 6.53. The maximum absolute atomic E-state index is 14.1. The average Bonchev–Trinajstić information content (AvgIpc) is 2.52. The van der Waals surface area contributed by atoms with Crippen LogP contribution in [0.2, 0.25) is 5.02 Å². The van der Waals surface area contributed by atoms with E-state index in [0.717, 1.165) is 12.1 Å². The minimum absolute atomic E-state index is 0.0172. The summed E-state index contributed by atoms with van der Waals surface area (Å²) in [5, 5.41) is 0.485. The second-order valence-electron chi connectivity index (χ2n) is 4.59. The zero-order valence-corrected chi connectivity index (χ0v) is 14.0. The van der Waals surface area contributed by atoms with Crippen LogP contribution in [0.25, 0.3) is 0 Å². The third kappa shape index (κ3) is 4.13. The summed E-state index contributed by atoms with van der Waals surface area (Å²) in [5.41, 5.74) is 0.655. The van der Waals surface area contributed by atoms with Crippen LogP contribution in [-0.2, 0) is 16.6 Å². The summed E-state index contributed by atoms with van der Waals surface area (Å²) in [6.07, 6.45) is 0. The van der Waals surface area contributed by atoms with Gasteiger partial charge < -0.3 is 9.47 Å². The zero-order chi connectivity index (χ0) is 17.0. The number of ether oxygens (including phenoxy) is 2. The molecule has 0 saturated heterocycles. The number of hydrogen-bond donors (Lipinski definition) is 1. The Labute approximate surface area is 139 Å². The van der Waals surface area contributed by atoms with Gasteiger partial charge >= 0.3 is 0 Å². The van der Waals surface area contributed by atoms with Crippen molar-refractivity contribution in [1.29, 1.82) is 0 Å². The summed E-state index contributed by atoms with van der Waals surface area (Å²) in [5.74, 6) is -0.697. The molecule has 0 aromatic heterocycles. The molecule has 23 heavy (non-hydrogen) atoms. The Morgan fingerprint density at radius 1 is 1.13 bits per heavy atom. The minimum Gasteiger partial charge on any atom is -0.493 e. The first-order chi connectivity index (χ1) is 10.9. The summed E-state index contributed by atoms with van der Waals surface area (Å²) < 4.78 is 50.9. The molecule has 2 rings (SSSR count). The van der Waals surface area contributed by atoms with Gasteiger partial charge in [-0.2, -0.15) is 0 Å².